The fourth-order valence-corrected chi connectivity index (χ4v) is 3.66. The van der Waals surface area contributed by atoms with Gasteiger partial charge in [-0.3, -0.25) is 4.57 Å². The second kappa shape index (κ2) is 8.48. The second-order valence-corrected chi connectivity index (χ2v) is 6.73. The zero-order valence-corrected chi connectivity index (χ0v) is 13.1. The number of hydrogen-bond donors (Lipinski definition) is 1. The predicted molar refractivity (Wildman–Crippen MR) is 77.4 cm³/mol. The molecule has 0 aliphatic carbocycles. The van der Waals surface area contributed by atoms with E-state index in [2.05, 4.69) is 0 Å². The Kier molecular flexibility index (Phi) is 7.70. The Morgan fingerprint density at radius 1 is 1.16 bits per heavy atom. The van der Waals surface area contributed by atoms with E-state index < -0.39 is 13.4 Å². The molecule has 1 aromatic carbocycles. The Morgan fingerprint density at radius 2 is 1.68 bits per heavy atom. The molecule has 1 atom stereocenters. The molecule has 4 nitrogen and oxygen atoms in total. The van der Waals surface area contributed by atoms with Crippen LogP contribution in [0.1, 0.15) is 11.4 Å². The summed E-state index contributed by atoms with van der Waals surface area (Å²) in [5, 5.41) is 10.5. The van der Waals surface area contributed by atoms with Crippen molar-refractivity contribution >= 4 is 42.4 Å². The third-order valence-corrected chi connectivity index (χ3v) is 4.79. The van der Waals surface area contributed by atoms with E-state index in [1.807, 2.05) is 0 Å². The van der Waals surface area contributed by atoms with Crippen molar-refractivity contribution in [2.24, 2.45) is 0 Å². The summed E-state index contributed by atoms with van der Waals surface area (Å²) in [7, 11) is -3.79. The number of benzene rings is 1. The monoisotopic (exact) mass is 346 g/mol. The van der Waals surface area contributed by atoms with E-state index in [-0.39, 0.29) is 35.6 Å². The van der Waals surface area contributed by atoms with Crippen LogP contribution < -0.4 is 0 Å². The van der Waals surface area contributed by atoms with Gasteiger partial charge in [-0.25, -0.2) is 0 Å². The van der Waals surface area contributed by atoms with Crippen molar-refractivity contribution < 1.29 is 18.7 Å². The van der Waals surface area contributed by atoms with Gasteiger partial charge in [0.2, 0.25) is 0 Å². The Morgan fingerprint density at radius 3 is 2.16 bits per heavy atom. The van der Waals surface area contributed by atoms with E-state index >= 15 is 0 Å². The second-order valence-electron chi connectivity index (χ2n) is 3.48. The van der Waals surface area contributed by atoms with Gasteiger partial charge in [0.05, 0.1) is 13.2 Å². The summed E-state index contributed by atoms with van der Waals surface area (Å²) < 4.78 is 22.7. The molecule has 0 spiro atoms. The summed E-state index contributed by atoms with van der Waals surface area (Å²) in [4.78, 5) is 0. The van der Waals surface area contributed by atoms with E-state index in [9.17, 15) is 9.67 Å². The van der Waals surface area contributed by atoms with E-state index in [1.165, 1.54) is 0 Å². The lowest BCUT2D eigenvalue weighted by molar-refractivity contribution is 0.151. The van der Waals surface area contributed by atoms with E-state index in [1.54, 1.807) is 24.3 Å². The maximum Gasteiger partial charge on any atom is 0.363 e. The highest BCUT2D eigenvalue weighted by Crippen LogP contribution is 2.60. The number of aliphatic hydroxyl groups excluding tert-OH is 1. The lowest BCUT2D eigenvalue weighted by Crippen LogP contribution is -2.09. The van der Waals surface area contributed by atoms with Crippen molar-refractivity contribution in [2.75, 3.05) is 25.0 Å². The van der Waals surface area contributed by atoms with Crippen LogP contribution in [0.15, 0.2) is 24.3 Å². The smallest absolute Gasteiger partial charge is 0.363 e. The van der Waals surface area contributed by atoms with Crippen LogP contribution in [0.2, 0.25) is 5.02 Å². The van der Waals surface area contributed by atoms with Crippen LogP contribution in [0.25, 0.3) is 0 Å². The molecule has 1 aromatic rings. The van der Waals surface area contributed by atoms with Gasteiger partial charge < -0.3 is 14.2 Å². The molecule has 0 bridgehead atoms. The molecular formula is C11H14Cl3O4P. The lowest BCUT2D eigenvalue weighted by Gasteiger charge is -2.23. The fraction of sp³-hybridized carbons (Fsp3) is 0.455. The maximum atomic E-state index is 12.5. The van der Waals surface area contributed by atoms with Crippen LogP contribution in [0.4, 0.5) is 0 Å². The topological polar surface area (TPSA) is 55.8 Å². The summed E-state index contributed by atoms with van der Waals surface area (Å²) in [6.07, 6.45) is 0. The van der Waals surface area contributed by atoms with Crippen LogP contribution in [0.5, 0.6) is 0 Å². The van der Waals surface area contributed by atoms with Crippen LogP contribution in [0.3, 0.4) is 0 Å². The van der Waals surface area contributed by atoms with Gasteiger partial charge in [0.15, 0.2) is 5.85 Å². The van der Waals surface area contributed by atoms with Gasteiger partial charge in [0, 0.05) is 22.3 Å². The minimum absolute atomic E-state index is 0.0113. The number of alkyl halides is 2. The maximum absolute atomic E-state index is 12.5. The molecule has 0 heterocycles. The highest BCUT2D eigenvalue weighted by molar-refractivity contribution is 7.54. The van der Waals surface area contributed by atoms with Crippen LogP contribution in [-0.4, -0.2) is 30.1 Å². The summed E-state index contributed by atoms with van der Waals surface area (Å²) >= 11 is 16.9. The minimum atomic E-state index is -3.79. The van der Waals surface area contributed by atoms with Crippen molar-refractivity contribution in [3.63, 3.8) is 0 Å². The molecule has 0 radical (unpaired) electrons. The highest BCUT2D eigenvalue weighted by atomic mass is 35.5. The van der Waals surface area contributed by atoms with Gasteiger partial charge in [0.25, 0.3) is 0 Å². The molecule has 0 fully saturated rings. The Hall–Kier alpha value is 0.200. The number of halogens is 3. The molecule has 0 aliphatic heterocycles. The van der Waals surface area contributed by atoms with Crippen molar-refractivity contribution in [3.8, 4) is 0 Å². The average molecular weight is 348 g/mol. The van der Waals surface area contributed by atoms with Crippen molar-refractivity contribution in [2.45, 2.75) is 5.85 Å². The van der Waals surface area contributed by atoms with Gasteiger partial charge in [-0.2, -0.15) is 0 Å². The third-order valence-electron chi connectivity index (χ3n) is 2.18. The third kappa shape index (κ3) is 4.91. The van der Waals surface area contributed by atoms with Gasteiger partial charge in [-0.05, 0) is 6.07 Å². The van der Waals surface area contributed by atoms with Gasteiger partial charge in [-0.15, -0.1) is 23.2 Å². The van der Waals surface area contributed by atoms with Crippen molar-refractivity contribution in [1.82, 2.24) is 0 Å². The number of aliphatic hydroxyl groups is 1. The standard InChI is InChI=1S/C11H14Cl3O4P/c12-5-7-17-19(16,18-8-6-13)11(15)9-3-1-2-4-10(9)14/h1-4,11,15H,5-8H2/t11-/m1/s1. The highest BCUT2D eigenvalue weighted by Gasteiger charge is 2.36. The van der Waals surface area contributed by atoms with Crippen molar-refractivity contribution in [3.05, 3.63) is 34.9 Å². The first-order chi connectivity index (χ1) is 9.05. The quantitative estimate of drug-likeness (QED) is 0.570. The molecule has 1 rings (SSSR count). The predicted octanol–water partition coefficient (Wildman–Crippen LogP) is 4.03. The van der Waals surface area contributed by atoms with E-state index in [0.717, 1.165) is 0 Å². The molecule has 19 heavy (non-hydrogen) atoms. The molecule has 0 amide bonds. The lowest BCUT2D eigenvalue weighted by atomic mass is 10.2. The Bertz CT molecular complexity index is 432. The van der Waals surface area contributed by atoms with Gasteiger partial charge >= 0.3 is 7.60 Å². The molecular weight excluding hydrogens is 333 g/mol. The van der Waals surface area contributed by atoms with E-state index in [0.29, 0.717) is 0 Å². The van der Waals surface area contributed by atoms with Crippen molar-refractivity contribution in [1.29, 1.82) is 0 Å². The molecule has 0 aromatic heterocycles. The summed E-state index contributed by atoms with van der Waals surface area (Å²) in [5.74, 6) is -1.22. The minimum Gasteiger partial charge on any atom is -0.376 e. The van der Waals surface area contributed by atoms with Crippen LogP contribution in [0, 0.1) is 0 Å². The first-order valence-electron chi connectivity index (χ1n) is 5.48. The molecule has 1 N–H and O–H groups in total. The van der Waals surface area contributed by atoms with Gasteiger partial charge in [0.1, 0.15) is 0 Å². The number of rotatable bonds is 8. The normalized spacial score (nSPS) is 13.5. The molecule has 0 aliphatic rings. The zero-order chi connectivity index (χ0) is 14.3. The van der Waals surface area contributed by atoms with E-state index in [4.69, 9.17) is 43.9 Å². The Labute approximate surface area is 127 Å². The zero-order valence-electron chi connectivity index (χ0n) is 9.97. The molecule has 0 unspecified atom stereocenters. The first kappa shape index (κ1) is 17.3. The summed E-state index contributed by atoms with van der Waals surface area (Å²) in [6.45, 7) is -0.0226. The molecule has 0 saturated carbocycles. The SMILES string of the molecule is O=P(OCCCl)(OCCCl)[C@@H](O)c1ccccc1Cl. The van der Waals surface area contributed by atoms with Crippen LogP contribution in [-0.2, 0) is 13.6 Å². The van der Waals surface area contributed by atoms with Gasteiger partial charge in [-0.1, -0.05) is 29.8 Å². The average Bonchev–Trinajstić information content (AvgIpc) is 2.42. The number of hydrogen-bond acceptors (Lipinski definition) is 4. The largest absolute Gasteiger partial charge is 0.376 e. The fourth-order valence-electron chi connectivity index (χ4n) is 1.36. The first-order valence-corrected chi connectivity index (χ1v) is 8.54. The summed E-state index contributed by atoms with van der Waals surface area (Å²) in [6, 6.07) is 6.49. The summed E-state index contributed by atoms with van der Waals surface area (Å²) in [5.41, 5.74) is 0.275. The van der Waals surface area contributed by atoms with Crippen LogP contribution >= 0.6 is 42.4 Å². The Balaban J connectivity index is 2.96. The molecule has 8 heteroatoms. The molecule has 0 saturated heterocycles. The molecule has 108 valence electrons.